The molecule has 0 unspecified atom stereocenters. The first-order chi connectivity index (χ1) is 14.2. The van der Waals surface area contributed by atoms with Crippen molar-refractivity contribution >= 4 is 32.7 Å². The van der Waals surface area contributed by atoms with Gasteiger partial charge >= 0.3 is 0 Å². The molecule has 3 aromatic rings. The van der Waals surface area contributed by atoms with Crippen LogP contribution in [0.3, 0.4) is 0 Å². The summed E-state index contributed by atoms with van der Waals surface area (Å²) in [6, 6.07) is 6.68. The van der Waals surface area contributed by atoms with E-state index in [4.69, 9.17) is 0 Å². The highest BCUT2D eigenvalue weighted by Crippen LogP contribution is 2.23. The molecule has 1 N–H and O–H groups in total. The van der Waals surface area contributed by atoms with Crippen molar-refractivity contribution < 1.29 is 13.2 Å². The maximum absolute atomic E-state index is 12.9. The number of carbonyl (C=O) groups excluding carboxylic acids is 1. The Labute approximate surface area is 177 Å². The number of amides is 1. The number of fused-ring (bicyclic) bond motifs is 1. The Bertz CT molecular complexity index is 1180. The number of hydrogen-bond donors (Lipinski definition) is 1. The van der Waals surface area contributed by atoms with Gasteiger partial charge in [-0.05, 0) is 44.5 Å². The molecule has 0 aliphatic carbocycles. The largest absolute Gasteiger partial charge is 0.321 e. The lowest BCUT2D eigenvalue weighted by molar-refractivity contribution is 0.102. The number of anilines is 1. The van der Waals surface area contributed by atoms with Gasteiger partial charge in [-0.25, -0.2) is 18.1 Å². The first-order valence-corrected chi connectivity index (χ1v) is 11.4. The summed E-state index contributed by atoms with van der Waals surface area (Å²) in [6.45, 7) is 10.1. The normalized spacial score (nSPS) is 12.1. The number of nitrogens with zero attached hydrogens (tertiary/aromatic N) is 4. The summed E-state index contributed by atoms with van der Waals surface area (Å²) in [5, 5.41) is 7.94. The van der Waals surface area contributed by atoms with Crippen molar-refractivity contribution in [1.82, 2.24) is 19.1 Å². The molecule has 2 aromatic heterocycles. The van der Waals surface area contributed by atoms with Crippen LogP contribution in [-0.2, 0) is 10.0 Å². The SMILES string of the molecule is CCN(CC)S(=O)(=O)c1cc(C(=O)Nc2cnc3c(cnn3C(C)C)c2)ccc1C. The van der Waals surface area contributed by atoms with Crippen molar-refractivity contribution in [2.75, 3.05) is 18.4 Å². The molecule has 0 fully saturated rings. The molecule has 1 aromatic carbocycles. The van der Waals surface area contributed by atoms with Crippen LogP contribution in [0.4, 0.5) is 5.69 Å². The predicted octanol–water partition coefficient (Wildman–Crippen LogP) is 3.60. The topological polar surface area (TPSA) is 97.2 Å². The predicted molar refractivity (Wildman–Crippen MR) is 117 cm³/mol. The third-order valence-electron chi connectivity index (χ3n) is 4.95. The van der Waals surface area contributed by atoms with Crippen molar-refractivity contribution in [3.63, 3.8) is 0 Å². The summed E-state index contributed by atoms with van der Waals surface area (Å²) in [4.78, 5) is 17.3. The summed E-state index contributed by atoms with van der Waals surface area (Å²) in [5.41, 5.74) is 2.13. The van der Waals surface area contributed by atoms with Crippen LogP contribution >= 0.6 is 0 Å². The van der Waals surface area contributed by atoms with Crippen LogP contribution in [0.15, 0.2) is 41.6 Å². The van der Waals surface area contributed by atoms with E-state index in [9.17, 15) is 13.2 Å². The molecule has 0 aliphatic heterocycles. The molecule has 0 bridgehead atoms. The summed E-state index contributed by atoms with van der Waals surface area (Å²) in [6.07, 6.45) is 3.28. The van der Waals surface area contributed by atoms with Gasteiger partial charge < -0.3 is 5.32 Å². The second-order valence-electron chi connectivity index (χ2n) is 7.34. The molecule has 0 aliphatic rings. The van der Waals surface area contributed by atoms with Gasteiger partial charge in [0.15, 0.2) is 5.65 Å². The summed E-state index contributed by atoms with van der Waals surface area (Å²) < 4.78 is 29.0. The molecule has 0 saturated heterocycles. The highest BCUT2D eigenvalue weighted by molar-refractivity contribution is 7.89. The van der Waals surface area contributed by atoms with Gasteiger partial charge in [-0.3, -0.25) is 4.79 Å². The molecular formula is C21H27N5O3S. The minimum absolute atomic E-state index is 0.144. The Kier molecular flexibility index (Phi) is 6.23. The van der Waals surface area contributed by atoms with E-state index in [1.54, 1.807) is 51.4 Å². The van der Waals surface area contributed by atoms with Crippen molar-refractivity contribution in [2.24, 2.45) is 0 Å². The molecule has 160 valence electrons. The second-order valence-corrected chi connectivity index (χ2v) is 9.25. The molecule has 30 heavy (non-hydrogen) atoms. The zero-order valence-corrected chi connectivity index (χ0v) is 18.7. The highest BCUT2D eigenvalue weighted by Gasteiger charge is 2.24. The molecule has 9 heteroatoms. The van der Waals surface area contributed by atoms with Gasteiger partial charge in [-0.2, -0.15) is 9.40 Å². The van der Waals surface area contributed by atoms with Crippen LogP contribution in [-0.4, -0.2) is 46.5 Å². The molecule has 8 nitrogen and oxygen atoms in total. The Morgan fingerprint density at radius 1 is 1.17 bits per heavy atom. The van der Waals surface area contributed by atoms with E-state index in [1.165, 1.54) is 10.4 Å². The fourth-order valence-corrected chi connectivity index (χ4v) is 5.02. The highest BCUT2D eigenvalue weighted by atomic mass is 32.2. The van der Waals surface area contributed by atoms with E-state index in [1.807, 2.05) is 18.5 Å². The van der Waals surface area contributed by atoms with Crippen LogP contribution in [0.2, 0.25) is 0 Å². The lowest BCUT2D eigenvalue weighted by Crippen LogP contribution is -2.31. The number of rotatable bonds is 7. The van der Waals surface area contributed by atoms with Crippen LogP contribution in [0, 0.1) is 6.92 Å². The average Bonchev–Trinajstić information content (AvgIpc) is 3.12. The van der Waals surface area contributed by atoms with Crippen LogP contribution in [0.25, 0.3) is 11.0 Å². The van der Waals surface area contributed by atoms with Gasteiger partial charge in [-0.15, -0.1) is 0 Å². The molecule has 1 amide bonds. The van der Waals surface area contributed by atoms with Gasteiger partial charge in [-0.1, -0.05) is 19.9 Å². The minimum atomic E-state index is -3.67. The molecule has 0 radical (unpaired) electrons. The van der Waals surface area contributed by atoms with Gasteiger partial charge in [0.05, 0.1) is 23.0 Å². The second kappa shape index (κ2) is 8.53. The Morgan fingerprint density at radius 2 is 1.87 bits per heavy atom. The number of sulfonamides is 1. The van der Waals surface area contributed by atoms with Gasteiger partial charge in [0.2, 0.25) is 10.0 Å². The van der Waals surface area contributed by atoms with Crippen molar-refractivity contribution in [2.45, 2.75) is 45.6 Å². The average molecular weight is 430 g/mol. The van der Waals surface area contributed by atoms with Crippen molar-refractivity contribution in [3.8, 4) is 0 Å². The van der Waals surface area contributed by atoms with Crippen LogP contribution in [0.1, 0.15) is 49.7 Å². The van der Waals surface area contributed by atoms with E-state index in [-0.39, 0.29) is 16.5 Å². The molecule has 0 spiro atoms. The number of nitrogens with one attached hydrogen (secondary N) is 1. The zero-order chi connectivity index (χ0) is 22.1. The Hall–Kier alpha value is -2.78. The number of aromatic nitrogens is 3. The standard InChI is InChI=1S/C21H27N5O3S/c1-6-25(7-2)30(28,29)19-11-16(9-8-15(19)5)21(27)24-18-10-17-12-23-26(14(3)4)20(17)22-13-18/h8-14H,6-7H2,1-5H3,(H,24,27). The molecule has 0 saturated carbocycles. The van der Waals surface area contributed by atoms with Crippen LogP contribution in [0.5, 0.6) is 0 Å². The number of pyridine rings is 1. The van der Waals surface area contributed by atoms with E-state index in [2.05, 4.69) is 15.4 Å². The number of aryl methyl sites for hydroxylation is 1. The minimum Gasteiger partial charge on any atom is -0.321 e. The summed E-state index contributed by atoms with van der Waals surface area (Å²) in [7, 11) is -3.67. The first kappa shape index (κ1) is 21.9. The van der Waals surface area contributed by atoms with E-state index >= 15 is 0 Å². The Balaban J connectivity index is 1.90. The maximum Gasteiger partial charge on any atom is 0.255 e. The van der Waals surface area contributed by atoms with Gasteiger partial charge in [0, 0.05) is 30.1 Å². The van der Waals surface area contributed by atoms with E-state index < -0.39 is 15.9 Å². The lowest BCUT2D eigenvalue weighted by Gasteiger charge is -2.20. The molecule has 3 rings (SSSR count). The number of hydrogen-bond acceptors (Lipinski definition) is 5. The molecular weight excluding hydrogens is 402 g/mol. The van der Waals surface area contributed by atoms with Crippen molar-refractivity contribution in [3.05, 3.63) is 47.8 Å². The third kappa shape index (κ3) is 4.08. The smallest absolute Gasteiger partial charge is 0.255 e. The first-order valence-electron chi connectivity index (χ1n) is 9.94. The van der Waals surface area contributed by atoms with Crippen LogP contribution < -0.4 is 5.32 Å². The molecule has 2 heterocycles. The van der Waals surface area contributed by atoms with E-state index in [0.717, 1.165) is 11.0 Å². The van der Waals surface area contributed by atoms with Gasteiger partial charge in [0.1, 0.15) is 0 Å². The summed E-state index contributed by atoms with van der Waals surface area (Å²) >= 11 is 0. The number of carbonyl (C=O) groups is 1. The number of benzene rings is 1. The fourth-order valence-electron chi connectivity index (χ4n) is 3.31. The zero-order valence-electron chi connectivity index (χ0n) is 17.9. The van der Waals surface area contributed by atoms with Gasteiger partial charge in [0.25, 0.3) is 5.91 Å². The van der Waals surface area contributed by atoms with Crippen molar-refractivity contribution in [1.29, 1.82) is 0 Å². The third-order valence-corrected chi connectivity index (χ3v) is 7.15. The molecule has 0 atom stereocenters. The maximum atomic E-state index is 12.9. The summed E-state index contributed by atoms with van der Waals surface area (Å²) in [5.74, 6) is -0.400. The monoisotopic (exact) mass is 429 g/mol. The van der Waals surface area contributed by atoms with E-state index in [0.29, 0.717) is 24.3 Å². The quantitative estimate of drug-likeness (QED) is 0.619. The fraction of sp³-hybridized carbons (Fsp3) is 0.381. The Morgan fingerprint density at radius 3 is 2.50 bits per heavy atom. The lowest BCUT2D eigenvalue weighted by atomic mass is 10.1.